The Bertz CT molecular complexity index is 438. The molecule has 0 amide bonds. The molecule has 106 valence electrons. The van der Waals surface area contributed by atoms with Gasteiger partial charge in [0.15, 0.2) is 0 Å². The van der Waals surface area contributed by atoms with Gasteiger partial charge in [0, 0.05) is 43.7 Å². The van der Waals surface area contributed by atoms with Crippen LogP contribution in [0.5, 0.6) is 0 Å². The summed E-state index contributed by atoms with van der Waals surface area (Å²) in [6, 6.07) is 4.91. The molecule has 0 unspecified atom stereocenters. The third-order valence-corrected chi connectivity index (χ3v) is 3.90. The maximum absolute atomic E-state index is 13.7. The maximum Gasteiger partial charge on any atom is 0.248 e. The van der Waals surface area contributed by atoms with E-state index in [0.29, 0.717) is 24.1 Å². The second kappa shape index (κ2) is 5.41. The van der Waals surface area contributed by atoms with Crippen LogP contribution in [-0.4, -0.2) is 19.0 Å². The van der Waals surface area contributed by atoms with Crippen molar-refractivity contribution in [3.63, 3.8) is 0 Å². The molecule has 1 aliphatic carbocycles. The van der Waals surface area contributed by atoms with Crippen molar-refractivity contribution in [3.8, 4) is 0 Å². The van der Waals surface area contributed by atoms with E-state index in [1.807, 2.05) is 11.9 Å². The van der Waals surface area contributed by atoms with E-state index < -0.39 is 5.92 Å². The predicted octanol–water partition coefficient (Wildman–Crippen LogP) is 3.30. The lowest BCUT2D eigenvalue weighted by Crippen LogP contribution is -2.38. The molecule has 0 radical (unpaired) electrons. The Hall–Kier alpha value is -1.23. The second-order valence-electron chi connectivity index (χ2n) is 5.18. The zero-order chi connectivity index (χ0) is 14.0. The molecule has 0 heterocycles. The molecule has 19 heavy (non-hydrogen) atoms. The van der Waals surface area contributed by atoms with Crippen molar-refractivity contribution in [2.24, 2.45) is 5.73 Å². The van der Waals surface area contributed by atoms with Gasteiger partial charge in [0.1, 0.15) is 5.82 Å². The van der Waals surface area contributed by atoms with Crippen LogP contribution in [0.25, 0.3) is 0 Å². The summed E-state index contributed by atoms with van der Waals surface area (Å²) in [6.45, 7) is 0.158. The second-order valence-corrected chi connectivity index (χ2v) is 5.18. The van der Waals surface area contributed by atoms with E-state index in [9.17, 15) is 13.2 Å². The lowest BCUT2D eigenvalue weighted by atomic mass is 9.91. The van der Waals surface area contributed by atoms with Gasteiger partial charge in [-0.15, -0.1) is 0 Å². The highest BCUT2D eigenvalue weighted by molar-refractivity contribution is 5.48. The van der Waals surface area contributed by atoms with Crippen molar-refractivity contribution >= 4 is 5.69 Å². The van der Waals surface area contributed by atoms with Crippen LogP contribution in [0.15, 0.2) is 18.2 Å². The average Bonchev–Trinajstić information content (AvgIpc) is 2.38. The SMILES string of the molecule is CN(c1ccc(CN)c(F)c1)C1CCC(F)(F)CC1. The van der Waals surface area contributed by atoms with Crippen molar-refractivity contribution in [2.75, 3.05) is 11.9 Å². The van der Waals surface area contributed by atoms with Crippen molar-refractivity contribution < 1.29 is 13.2 Å². The number of hydrogen-bond acceptors (Lipinski definition) is 2. The number of nitrogens with zero attached hydrogens (tertiary/aromatic N) is 1. The summed E-state index contributed by atoms with van der Waals surface area (Å²) in [5, 5.41) is 0. The third-order valence-electron chi connectivity index (χ3n) is 3.90. The van der Waals surface area contributed by atoms with E-state index in [1.165, 1.54) is 6.07 Å². The molecule has 1 aliphatic rings. The van der Waals surface area contributed by atoms with Crippen LogP contribution >= 0.6 is 0 Å². The standard InChI is InChI=1S/C14H19F3N2/c1-19(11-4-6-14(16,17)7-5-11)12-3-2-10(9-18)13(15)8-12/h2-3,8,11H,4-7,9,18H2,1H3. The molecule has 2 N–H and O–H groups in total. The Labute approximate surface area is 111 Å². The van der Waals surface area contributed by atoms with Gasteiger partial charge in [0.05, 0.1) is 0 Å². The summed E-state index contributed by atoms with van der Waals surface area (Å²) >= 11 is 0. The maximum atomic E-state index is 13.7. The number of alkyl halides is 2. The van der Waals surface area contributed by atoms with Gasteiger partial charge >= 0.3 is 0 Å². The van der Waals surface area contributed by atoms with Crippen molar-refractivity contribution in [2.45, 2.75) is 44.2 Å². The van der Waals surface area contributed by atoms with E-state index in [1.54, 1.807) is 12.1 Å². The fourth-order valence-electron chi connectivity index (χ4n) is 2.54. The first kappa shape index (κ1) is 14.2. The molecule has 0 saturated heterocycles. The predicted molar refractivity (Wildman–Crippen MR) is 69.9 cm³/mol. The summed E-state index contributed by atoms with van der Waals surface area (Å²) in [4.78, 5) is 1.89. The molecule has 1 aromatic rings. The van der Waals surface area contributed by atoms with E-state index in [2.05, 4.69) is 0 Å². The molecule has 0 aliphatic heterocycles. The molecule has 0 aromatic heterocycles. The molecular formula is C14H19F3N2. The van der Waals surface area contributed by atoms with E-state index in [0.717, 1.165) is 0 Å². The van der Waals surface area contributed by atoms with Crippen molar-refractivity contribution in [1.29, 1.82) is 0 Å². The van der Waals surface area contributed by atoms with Crippen LogP contribution in [0.4, 0.5) is 18.9 Å². The molecule has 1 saturated carbocycles. The normalized spacial score (nSPS) is 19.4. The Kier molecular flexibility index (Phi) is 4.04. The van der Waals surface area contributed by atoms with Crippen LogP contribution in [0, 0.1) is 5.82 Å². The topological polar surface area (TPSA) is 29.3 Å². The molecule has 1 aromatic carbocycles. The monoisotopic (exact) mass is 272 g/mol. The van der Waals surface area contributed by atoms with Gasteiger partial charge in [0.2, 0.25) is 5.92 Å². The Morgan fingerprint density at radius 1 is 1.32 bits per heavy atom. The van der Waals surface area contributed by atoms with Crippen molar-refractivity contribution in [1.82, 2.24) is 0 Å². The molecule has 2 nitrogen and oxygen atoms in total. The van der Waals surface area contributed by atoms with Crippen LogP contribution in [0.3, 0.4) is 0 Å². The third kappa shape index (κ3) is 3.21. The highest BCUT2D eigenvalue weighted by atomic mass is 19.3. The van der Waals surface area contributed by atoms with Crippen LogP contribution in [0.1, 0.15) is 31.2 Å². The fourth-order valence-corrected chi connectivity index (χ4v) is 2.54. The lowest BCUT2D eigenvalue weighted by Gasteiger charge is -2.36. The van der Waals surface area contributed by atoms with E-state index in [-0.39, 0.29) is 31.2 Å². The number of halogens is 3. The zero-order valence-corrected chi connectivity index (χ0v) is 11.0. The fraction of sp³-hybridized carbons (Fsp3) is 0.571. The summed E-state index contributed by atoms with van der Waals surface area (Å²) in [6.07, 6.45) is 0.685. The number of hydrogen-bond donors (Lipinski definition) is 1. The minimum absolute atomic E-state index is 0.0442. The minimum atomic E-state index is -2.54. The molecule has 0 spiro atoms. The highest BCUT2D eigenvalue weighted by Crippen LogP contribution is 2.36. The quantitative estimate of drug-likeness (QED) is 0.914. The number of nitrogens with two attached hydrogens (primary N) is 1. The first-order valence-electron chi connectivity index (χ1n) is 6.52. The number of anilines is 1. The zero-order valence-electron chi connectivity index (χ0n) is 11.0. The number of rotatable bonds is 3. The molecule has 5 heteroatoms. The van der Waals surface area contributed by atoms with Gasteiger partial charge in [0.25, 0.3) is 0 Å². The van der Waals surface area contributed by atoms with E-state index in [4.69, 9.17) is 5.73 Å². The summed E-state index contributed by atoms with van der Waals surface area (Å²) in [7, 11) is 1.82. The van der Waals surface area contributed by atoms with Gasteiger partial charge in [-0.05, 0) is 25.0 Å². The summed E-state index contributed by atoms with van der Waals surface area (Å²) < 4.78 is 39.9. The van der Waals surface area contributed by atoms with Gasteiger partial charge in [-0.1, -0.05) is 6.07 Å². The van der Waals surface area contributed by atoms with Crippen LogP contribution in [-0.2, 0) is 6.54 Å². The molecule has 2 rings (SSSR count). The molecule has 0 bridgehead atoms. The van der Waals surface area contributed by atoms with Gasteiger partial charge in [-0.25, -0.2) is 13.2 Å². The Morgan fingerprint density at radius 3 is 2.47 bits per heavy atom. The van der Waals surface area contributed by atoms with Gasteiger partial charge < -0.3 is 10.6 Å². The Balaban J connectivity index is 2.08. The molecule has 1 fully saturated rings. The first-order valence-corrected chi connectivity index (χ1v) is 6.52. The van der Waals surface area contributed by atoms with E-state index >= 15 is 0 Å². The van der Waals surface area contributed by atoms with Gasteiger partial charge in [-0.2, -0.15) is 0 Å². The molecular weight excluding hydrogens is 253 g/mol. The lowest BCUT2D eigenvalue weighted by molar-refractivity contribution is -0.0378. The highest BCUT2D eigenvalue weighted by Gasteiger charge is 2.36. The summed E-state index contributed by atoms with van der Waals surface area (Å²) in [5.41, 5.74) is 6.59. The smallest absolute Gasteiger partial charge is 0.248 e. The number of benzene rings is 1. The van der Waals surface area contributed by atoms with Gasteiger partial charge in [-0.3, -0.25) is 0 Å². The largest absolute Gasteiger partial charge is 0.372 e. The van der Waals surface area contributed by atoms with Crippen molar-refractivity contribution in [3.05, 3.63) is 29.6 Å². The Morgan fingerprint density at radius 2 is 1.95 bits per heavy atom. The van der Waals surface area contributed by atoms with Crippen LogP contribution < -0.4 is 10.6 Å². The first-order chi connectivity index (χ1) is 8.93. The minimum Gasteiger partial charge on any atom is -0.372 e. The molecule has 0 atom stereocenters. The average molecular weight is 272 g/mol. The summed E-state index contributed by atoms with van der Waals surface area (Å²) in [5.74, 6) is -2.88. The van der Waals surface area contributed by atoms with Crippen LogP contribution in [0.2, 0.25) is 0 Å².